The number of ether oxygens (including phenoxy) is 1. The van der Waals surface area contributed by atoms with Gasteiger partial charge in [-0.05, 0) is 25.0 Å². The predicted octanol–water partition coefficient (Wildman–Crippen LogP) is 1.38. The Balaban J connectivity index is 2.76. The summed E-state index contributed by atoms with van der Waals surface area (Å²) in [5, 5.41) is 9.49. The van der Waals surface area contributed by atoms with Crippen LogP contribution in [0, 0.1) is 13.8 Å². The molecule has 82 valence electrons. The Morgan fingerprint density at radius 2 is 2.13 bits per heavy atom. The summed E-state index contributed by atoms with van der Waals surface area (Å²) in [5.41, 5.74) is 3.22. The number of aryl methyl sites for hydroxylation is 2. The van der Waals surface area contributed by atoms with Gasteiger partial charge in [-0.1, -0.05) is 23.8 Å². The SMILES string of the molecule is COC(=O)C(O)Cc1ccc(C)cc1C. The topological polar surface area (TPSA) is 46.5 Å². The number of aliphatic hydroxyl groups excluding tert-OH is 1. The van der Waals surface area contributed by atoms with Crippen molar-refractivity contribution in [1.29, 1.82) is 0 Å². The van der Waals surface area contributed by atoms with Gasteiger partial charge in [0.2, 0.25) is 0 Å². The maximum atomic E-state index is 11.0. The van der Waals surface area contributed by atoms with Crippen LogP contribution in [0.2, 0.25) is 0 Å². The summed E-state index contributed by atoms with van der Waals surface area (Å²) in [4.78, 5) is 11.0. The molecule has 0 radical (unpaired) electrons. The number of esters is 1. The van der Waals surface area contributed by atoms with Crippen LogP contribution in [-0.2, 0) is 16.0 Å². The fraction of sp³-hybridized carbons (Fsp3) is 0.417. The van der Waals surface area contributed by atoms with Gasteiger partial charge in [-0.25, -0.2) is 4.79 Å². The Kier molecular flexibility index (Phi) is 3.86. The van der Waals surface area contributed by atoms with Crippen LogP contribution in [0.5, 0.6) is 0 Å². The lowest BCUT2D eigenvalue weighted by atomic mass is 10.0. The zero-order chi connectivity index (χ0) is 11.4. The second kappa shape index (κ2) is 4.94. The van der Waals surface area contributed by atoms with Crippen molar-refractivity contribution < 1.29 is 14.6 Å². The highest BCUT2D eigenvalue weighted by Crippen LogP contribution is 2.13. The summed E-state index contributed by atoms with van der Waals surface area (Å²) in [5.74, 6) is -0.588. The van der Waals surface area contributed by atoms with Crippen LogP contribution >= 0.6 is 0 Å². The molecule has 0 amide bonds. The number of aliphatic hydroxyl groups is 1. The molecule has 0 bridgehead atoms. The summed E-state index contributed by atoms with van der Waals surface area (Å²) < 4.78 is 4.46. The van der Waals surface area contributed by atoms with Gasteiger partial charge in [0, 0.05) is 6.42 Å². The largest absolute Gasteiger partial charge is 0.467 e. The van der Waals surface area contributed by atoms with Crippen LogP contribution in [0.3, 0.4) is 0 Å². The predicted molar refractivity (Wildman–Crippen MR) is 57.6 cm³/mol. The van der Waals surface area contributed by atoms with E-state index >= 15 is 0 Å². The van der Waals surface area contributed by atoms with Crippen LogP contribution in [0.15, 0.2) is 18.2 Å². The fourth-order valence-electron chi connectivity index (χ4n) is 1.50. The molecule has 15 heavy (non-hydrogen) atoms. The van der Waals surface area contributed by atoms with Gasteiger partial charge in [0.05, 0.1) is 7.11 Å². The molecule has 1 N–H and O–H groups in total. The maximum absolute atomic E-state index is 11.0. The van der Waals surface area contributed by atoms with E-state index in [0.717, 1.165) is 11.1 Å². The van der Waals surface area contributed by atoms with Crippen LogP contribution in [0.25, 0.3) is 0 Å². The van der Waals surface area contributed by atoms with Crippen LogP contribution < -0.4 is 0 Å². The van der Waals surface area contributed by atoms with Crippen molar-refractivity contribution in [2.75, 3.05) is 7.11 Å². The third-order valence-electron chi connectivity index (χ3n) is 2.38. The molecular formula is C12H16O3. The van der Waals surface area contributed by atoms with E-state index in [0.29, 0.717) is 6.42 Å². The van der Waals surface area contributed by atoms with E-state index in [4.69, 9.17) is 0 Å². The summed E-state index contributed by atoms with van der Waals surface area (Å²) >= 11 is 0. The molecule has 0 aliphatic heterocycles. The maximum Gasteiger partial charge on any atom is 0.335 e. The first-order valence-corrected chi connectivity index (χ1v) is 4.86. The molecular weight excluding hydrogens is 192 g/mol. The Labute approximate surface area is 89.7 Å². The molecule has 0 fully saturated rings. The van der Waals surface area contributed by atoms with Crippen molar-refractivity contribution in [1.82, 2.24) is 0 Å². The van der Waals surface area contributed by atoms with E-state index in [2.05, 4.69) is 4.74 Å². The summed E-state index contributed by atoms with van der Waals surface area (Å²) in [6.07, 6.45) is -0.768. The van der Waals surface area contributed by atoms with Gasteiger partial charge in [0.1, 0.15) is 0 Å². The van der Waals surface area contributed by atoms with E-state index in [1.807, 2.05) is 32.0 Å². The Hall–Kier alpha value is -1.35. The first kappa shape index (κ1) is 11.7. The molecule has 0 spiro atoms. The molecule has 0 saturated carbocycles. The number of carbonyl (C=O) groups is 1. The molecule has 0 saturated heterocycles. The zero-order valence-electron chi connectivity index (χ0n) is 9.28. The van der Waals surface area contributed by atoms with Gasteiger partial charge in [-0.15, -0.1) is 0 Å². The van der Waals surface area contributed by atoms with Crippen LogP contribution in [-0.4, -0.2) is 24.3 Å². The molecule has 1 aromatic carbocycles. The smallest absolute Gasteiger partial charge is 0.335 e. The summed E-state index contributed by atoms with van der Waals surface area (Å²) in [6, 6.07) is 5.92. The van der Waals surface area contributed by atoms with Crippen molar-refractivity contribution in [3.63, 3.8) is 0 Å². The van der Waals surface area contributed by atoms with Gasteiger partial charge >= 0.3 is 5.97 Å². The average molecular weight is 208 g/mol. The normalized spacial score (nSPS) is 12.3. The number of hydrogen-bond acceptors (Lipinski definition) is 3. The van der Waals surface area contributed by atoms with Gasteiger partial charge in [-0.2, -0.15) is 0 Å². The second-order valence-electron chi connectivity index (χ2n) is 3.67. The molecule has 3 heteroatoms. The minimum atomic E-state index is -1.07. The number of hydrogen-bond donors (Lipinski definition) is 1. The minimum Gasteiger partial charge on any atom is -0.467 e. The third-order valence-corrected chi connectivity index (χ3v) is 2.38. The number of methoxy groups -OCH3 is 1. The first-order chi connectivity index (χ1) is 7.04. The second-order valence-corrected chi connectivity index (χ2v) is 3.67. The van der Waals surface area contributed by atoms with Crippen molar-refractivity contribution in [3.8, 4) is 0 Å². The van der Waals surface area contributed by atoms with Gasteiger partial charge in [0.15, 0.2) is 6.10 Å². The van der Waals surface area contributed by atoms with Crippen LogP contribution in [0.1, 0.15) is 16.7 Å². The van der Waals surface area contributed by atoms with E-state index < -0.39 is 12.1 Å². The van der Waals surface area contributed by atoms with Crippen molar-refractivity contribution in [2.45, 2.75) is 26.4 Å². The Morgan fingerprint density at radius 1 is 1.47 bits per heavy atom. The molecule has 0 heterocycles. The lowest BCUT2D eigenvalue weighted by Crippen LogP contribution is -2.24. The van der Waals surface area contributed by atoms with Gasteiger partial charge in [-0.3, -0.25) is 0 Å². The molecule has 3 nitrogen and oxygen atoms in total. The molecule has 1 rings (SSSR count). The van der Waals surface area contributed by atoms with E-state index in [1.54, 1.807) is 0 Å². The number of benzene rings is 1. The number of carbonyl (C=O) groups excluding carboxylic acids is 1. The van der Waals surface area contributed by atoms with Crippen molar-refractivity contribution in [3.05, 3.63) is 34.9 Å². The summed E-state index contributed by atoms with van der Waals surface area (Å²) in [6.45, 7) is 3.97. The quantitative estimate of drug-likeness (QED) is 0.763. The van der Waals surface area contributed by atoms with E-state index in [-0.39, 0.29) is 0 Å². The molecule has 0 aliphatic carbocycles. The highest BCUT2D eigenvalue weighted by Gasteiger charge is 2.16. The molecule has 0 aliphatic rings. The van der Waals surface area contributed by atoms with Gasteiger partial charge < -0.3 is 9.84 Å². The average Bonchev–Trinajstić information content (AvgIpc) is 2.20. The molecule has 1 aromatic rings. The molecule has 1 unspecified atom stereocenters. The Morgan fingerprint density at radius 3 is 2.67 bits per heavy atom. The molecule has 0 aromatic heterocycles. The zero-order valence-corrected chi connectivity index (χ0v) is 9.28. The highest BCUT2D eigenvalue weighted by atomic mass is 16.5. The monoisotopic (exact) mass is 208 g/mol. The van der Waals surface area contributed by atoms with Crippen LogP contribution in [0.4, 0.5) is 0 Å². The van der Waals surface area contributed by atoms with E-state index in [9.17, 15) is 9.90 Å². The summed E-state index contributed by atoms with van der Waals surface area (Å²) in [7, 11) is 1.27. The van der Waals surface area contributed by atoms with E-state index in [1.165, 1.54) is 12.7 Å². The number of rotatable bonds is 3. The first-order valence-electron chi connectivity index (χ1n) is 4.86. The lowest BCUT2D eigenvalue weighted by molar-refractivity contribution is -0.150. The minimum absolute atomic E-state index is 0.304. The van der Waals surface area contributed by atoms with Crippen molar-refractivity contribution in [2.24, 2.45) is 0 Å². The Bertz CT molecular complexity index is 358. The lowest BCUT2D eigenvalue weighted by Gasteiger charge is -2.10. The standard InChI is InChI=1S/C12H16O3/c1-8-4-5-10(9(2)6-8)7-11(13)12(14)15-3/h4-6,11,13H,7H2,1-3H3. The van der Waals surface area contributed by atoms with Gasteiger partial charge in [0.25, 0.3) is 0 Å². The fourth-order valence-corrected chi connectivity index (χ4v) is 1.50. The molecule has 1 atom stereocenters. The van der Waals surface area contributed by atoms with Crippen molar-refractivity contribution >= 4 is 5.97 Å². The highest BCUT2D eigenvalue weighted by molar-refractivity contribution is 5.74. The third kappa shape index (κ3) is 3.06.